The first-order chi connectivity index (χ1) is 7.39. The zero-order valence-corrected chi connectivity index (χ0v) is 11.2. The maximum atomic E-state index is 12.1. The molecule has 0 radical (unpaired) electrons. The van der Waals surface area contributed by atoms with Gasteiger partial charge in [-0.1, -0.05) is 0 Å². The largest absolute Gasteiger partial charge is 0.330 e. The van der Waals surface area contributed by atoms with Gasteiger partial charge in [0.1, 0.15) is 0 Å². The van der Waals surface area contributed by atoms with Crippen LogP contribution in [0.4, 0.5) is 0 Å². The molecule has 16 heavy (non-hydrogen) atoms. The third-order valence-electron chi connectivity index (χ3n) is 3.32. The molecule has 1 rings (SSSR count). The fourth-order valence-electron chi connectivity index (χ4n) is 1.82. The van der Waals surface area contributed by atoms with Crippen molar-refractivity contribution in [2.24, 2.45) is 11.7 Å². The first-order valence-corrected chi connectivity index (χ1v) is 7.22. The fraction of sp³-hybridized carbons (Fsp3) is 1.00. The van der Waals surface area contributed by atoms with Crippen molar-refractivity contribution < 1.29 is 8.42 Å². The molecule has 0 unspecified atom stereocenters. The van der Waals surface area contributed by atoms with Crippen molar-refractivity contribution in [3.8, 4) is 0 Å². The first-order valence-electron chi connectivity index (χ1n) is 5.82. The molecule has 5 nitrogen and oxygen atoms in total. The second kappa shape index (κ2) is 5.44. The van der Waals surface area contributed by atoms with Gasteiger partial charge >= 0.3 is 0 Å². The summed E-state index contributed by atoms with van der Waals surface area (Å²) in [5.41, 5.74) is 5.59. The van der Waals surface area contributed by atoms with Crippen LogP contribution in [-0.2, 0) is 10.2 Å². The SMILES string of the molecule is CC(C)N(C)S(=O)(=O)N1CCC(CN)CC1. The topological polar surface area (TPSA) is 66.6 Å². The number of nitrogens with zero attached hydrogens (tertiary/aromatic N) is 2. The van der Waals surface area contributed by atoms with Gasteiger partial charge in [-0.15, -0.1) is 0 Å². The number of rotatable bonds is 4. The van der Waals surface area contributed by atoms with Crippen molar-refractivity contribution in [3.05, 3.63) is 0 Å². The van der Waals surface area contributed by atoms with Crippen LogP contribution in [0.3, 0.4) is 0 Å². The van der Waals surface area contributed by atoms with Crippen LogP contribution in [0.15, 0.2) is 0 Å². The van der Waals surface area contributed by atoms with E-state index in [1.807, 2.05) is 13.8 Å². The molecule has 0 spiro atoms. The Bertz CT molecular complexity index is 308. The van der Waals surface area contributed by atoms with Crippen LogP contribution in [0.2, 0.25) is 0 Å². The molecule has 6 heteroatoms. The molecule has 0 bridgehead atoms. The Morgan fingerprint density at radius 3 is 2.25 bits per heavy atom. The average Bonchev–Trinajstić information content (AvgIpc) is 2.28. The van der Waals surface area contributed by atoms with E-state index in [1.165, 1.54) is 4.31 Å². The Hall–Kier alpha value is -0.170. The van der Waals surface area contributed by atoms with Crippen LogP contribution in [0.1, 0.15) is 26.7 Å². The predicted octanol–water partition coefficient (Wildman–Crippen LogP) is 0.242. The van der Waals surface area contributed by atoms with E-state index < -0.39 is 10.2 Å². The van der Waals surface area contributed by atoms with Crippen molar-refractivity contribution in [2.45, 2.75) is 32.7 Å². The van der Waals surface area contributed by atoms with Crippen molar-refractivity contribution in [1.82, 2.24) is 8.61 Å². The molecule has 96 valence electrons. The third kappa shape index (κ3) is 2.94. The van der Waals surface area contributed by atoms with E-state index in [0.717, 1.165) is 12.8 Å². The summed E-state index contributed by atoms with van der Waals surface area (Å²) in [5.74, 6) is 0.482. The van der Waals surface area contributed by atoms with E-state index in [0.29, 0.717) is 25.6 Å². The van der Waals surface area contributed by atoms with Gasteiger partial charge in [-0.2, -0.15) is 17.0 Å². The molecule has 0 aromatic carbocycles. The molecule has 1 saturated heterocycles. The highest BCUT2D eigenvalue weighted by atomic mass is 32.2. The molecule has 0 saturated carbocycles. The van der Waals surface area contributed by atoms with Gasteiger partial charge in [0.15, 0.2) is 0 Å². The van der Waals surface area contributed by atoms with Gasteiger partial charge in [0, 0.05) is 26.2 Å². The molecule has 0 aliphatic carbocycles. The Kier molecular flexibility index (Phi) is 4.73. The molecule has 0 atom stereocenters. The van der Waals surface area contributed by atoms with E-state index >= 15 is 0 Å². The summed E-state index contributed by atoms with van der Waals surface area (Å²) in [7, 11) is -1.63. The highest BCUT2D eigenvalue weighted by Gasteiger charge is 2.31. The van der Waals surface area contributed by atoms with Crippen molar-refractivity contribution in [3.63, 3.8) is 0 Å². The van der Waals surface area contributed by atoms with E-state index in [2.05, 4.69) is 0 Å². The van der Waals surface area contributed by atoms with E-state index in [-0.39, 0.29) is 6.04 Å². The normalized spacial score (nSPS) is 20.9. The fourth-order valence-corrected chi connectivity index (χ4v) is 3.39. The third-order valence-corrected chi connectivity index (χ3v) is 5.49. The monoisotopic (exact) mass is 249 g/mol. The Labute approximate surface area is 98.8 Å². The second-order valence-electron chi connectivity index (χ2n) is 4.70. The lowest BCUT2D eigenvalue weighted by Gasteiger charge is -2.34. The molecule has 1 aliphatic heterocycles. The molecular formula is C10H23N3O2S. The van der Waals surface area contributed by atoms with Crippen LogP contribution in [-0.4, -0.2) is 49.8 Å². The van der Waals surface area contributed by atoms with Crippen molar-refractivity contribution >= 4 is 10.2 Å². The standard InChI is InChI=1S/C10H23N3O2S/c1-9(2)12(3)16(14,15)13-6-4-10(8-11)5-7-13/h9-10H,4-8,11H2,1-3H3. The summed E-state index contributed by atoms with van der Waals surface area (Å²) >= 11 is 0. The summed E-state index contributed by atoms with van der Waals surface area (Å²) < 4.78 is 27.3. The van der Waals surface area contributed by atoms with E-state index in [4.69, 9.17) is 5.73 Å². The molecule has 1 aliphatic rings. The Morgan fingerprint density at radius 1 is 1.38 bits per heavy atom. The first kappa shape index (κ1) is 13.9. The van der Waals surface area contributed by atoms with Gasteiger partial charge in [0.25, 0.3) is 10.2 Å². The van der Waals surface area contributed by atoms with E-state index in [1.54, 1.807) is 11.4 Å². The average molecular weight is 249 g/mol. The lowest BCUT2D eigenvalue weighted by atomic mass is 9.99. The van der Waals surface area contributed by atoms with Crippen LogP contribution in [0, 0.1) is 5.92 Å². The zero-order valence-electron chi connectivity index (χ0n) is 10.4. The van der Waals surface area contributed by atoms with Crippen LogP contribution >= 0.6 is 0 Å². The van der Waals surface area contributed by atoms with Crippen molar-refractivity contribution in [2.75, 3.05) is 26.7 Å². The quantitative estimate of drug-likeness (QED) is 0.776. The van der Waals surface area contributed by atoms with Crippen LogP contribution in [0.25, 0.3) is 0 Å². The minimum Gasteiger partial charge on any atom is -0.330 e. The molecule has 0 amide bonds. The van der Waals surface area contributed by atoms with Gasteiger partial charge in [-0.25, -0.2) is 0 Å². The van der Waals surface area contributed by atoms with Gasteiger partial charge in [-0.05, 0) is 39.2 Å². The van der Waals surface area contributed by atoms with Gasteiger partial charge in [-0.3, -0.25) is 0 Å². The lowest BCUT2D eigenvalue weighted by Crippen LogP contribution is -2.48. The van der Waals surface area contributed by atoms with E-state index in [9.17, 15) is 8.42 Å². The van der Waals surface area contributed by atoms with Crippen molar-refractivity contribution in [1.29, 1.82) is 0 Å². The van der Waals surface area contributed by atoms with Gasteiger partial charge in [0.2, 0.25) is 0 Å². The molecule has 0 aromatic rings. The number of hydrogen-bond donors (Lipinski definition) is 1. The number of hydrogen-bond acceptors (Lipinski definition) is 3. The Morgan fingerprint density at radius 2 is 1.88 bits per heavy atom. The summed E-state index contributed by atoms with van der Waals surface area (Å²) in [4.78, 5) is 0. The van der Waals surface area contributed by atoms with Crippen LogP contribution in [0.5, 0.6) is 0 Å². The molecular weight excluding hydrogens is 226 g/mol. The predicted molar refractivity (Wildman–Crippen MR) is 65.2 cm³/mol. The minimum absolute atomic E-state index is 0.00256. The second-order valence-corrected chi connectivity index (χ2v) is 6.68. The summed E-state index contributed by atoms with van der Waals surface area (Å²) in [6.45, 7) is 5.62. The highest BCUT2D eigenvalue weighted by molar-refractivity contribution is 7.86. The minimum atomic E-state index is -3.27. The van der Waals surface area contributed by atoms with Gasteiger partial charge < -0.3 is 5.73 Å². The number of piperidine rings is 1. The number of nitrogens with two attached hydrogens (primary N) is 1. The summed E-state index contributed by atoms with van der Waals surface area (Å²) in [5, 5.41) is 0. The molecule has 2 N–H and O–H groups in total. The lowest BCUT2D eigenvalue weighted by molar-refractivity contribution is 0.256. The summed E-state index contributed by atoms with van der Waals surface area (Å²) in [6, 6.07) is -0.00256. The highest BCUT2D eigenvalue weighted by Crippen LogP contribution is 2.20. The van der Waals surface area contributed by atoms with Gasteiger partial charge in [0.05, 0.1) is 0 Å². The summed E-state index contributed by atoms with van der Waals surface area (Å²) in [6.07, 6.45) is 1.75. The molecule has 1 heterocycles. The van der Waals surface area contributed by atoms with Crippen LogP contribution < -0.4 is 5.73 Å². The molecule has 0 aromatic heterocycles. The Balaban J connectivity index is 2.65. The molecule has 1 fully saturated rings. The smallest absolute Gasteiger partial charge is 0.281 e. The maximum absolute atomic E-state index is 12.1. The zero-order chi connectivity index (χ0) is 12.3. The maximum Gasteiger partial charge on any atom is 0.281 e.